The number of likely N-dealkylation sites (tertiary alicyclic amines) is 1. The number of rotatable bonds is 5. The van der Waals surface area contributed by atoms with Crippen LogP contribution in [0.4, 0.5) is 4.39 Å². The molecule has 0 saturated carbocycles. The zero-order valence-corrected chi connectivity index (χ0v) is 15.1. The van der Waals surface area contributed by atoms with E-state index >= 15 is 0 Å². The number of fused-ring (bicyclic) bond motifs is 1. The molecule has 0 unspecified atom stereocenters. The first-order chi connectivity index (χ1) is 12.7. The van der Waals surface area contributed by atoms with Gasteiger partial charge in [-0.05, 0) is 60.0 Å². The second-order valence-corrected chi connectivity index (χ2v) is 7.27. The van der Waals surface area contributed by atoms with E-state index in [2.05, 4.69) is 39.9 Å². The molecular formula is C22H26FN3. The average Bonchev–Trinajstić information content (AvgIpc) is 3.11. The molecule has 1 aromatic heterocycles. The van der Waals surface area contributed by atoms with E-state index in [0.29, 0.717) is 12.6 Å². The summed E-state index contributed by atoms with van der Waals surface area (Å²) in [5.74, 6) is -0.161. The first kappa shape index (κ1) is 17.3. The molecule has 0 aliphatic carbocycles. The Morgan fingerprint density at radius 1 is 0.962 bits per heavy atom. The smallest absolute Gasteiger partial charge is 0.123 e. The van der Waals surface area contributed by atoms with Crippen molar-refractivity contribution < 1.29 is 4.39 Å². The summed E-state index contributed by atoms with van der Waals surface area (Å²) in [6.45, 7) is 3.86. The molecular weight excluding hydrogens is 325 g/mol. The minimum atomic E-state index is -0.161. The van der Waals surface area contributed by atoms with Crippen molar-refractivity contribution in [2.24, 2.45) is 5.73 Å². The van der Waals surface area contributed by atoms with E-state index in [0.717, 1.165) is 26.1 Å². The molecule has 1 saturated heterocycles. The van der Waals surface area contributed by atoms with E-state index in [1.54, 1.807) is 12.1 Å². The summed E-state index contributed by atoms with van der Waals surface area (Å²) in [5, 5.41) is 1.29. The maximum atomic E-state index is 13.0. The van der Waals surface area contributed by atoms with Crippen molar-refractivity contribution in [3.05, 3.63) is 71.7 Å². The van der Waals surface area contributed by atoms with Crippen LogP contribution < -0.4 is 5.73 Å². The molecule has 2 heterocycles. The van der Waals surface area contributed by atoms with Gasteiger partial charge < -0.3 is 15.2 Å². The van der Waals surface area contributed by atoms with Crippen molar-refractivity contribution >= 4 is 10.9 Å². The van der Waals surface area contributed by atoms with Crippen LogP contribution in [0.15, 0.2) is 54.7 Å². The van der Waals surface area contributed by atoms with Crippen LogP contribution in [0, 0.1) is 5.82 Å². The molecule has 1 aliphatic rings. The fourth-order valence-electron chi connectivity index (χ4n) is 4.00. The Bertz CT molecular complexity index is 861. The minimum absolute atomic E-state index is 0.161. The van der Waals surface area contributed by atoms with Gasteiger partial charge in [0.25, 0.3) is 0 Å². The number of hydrogen-bond acceptors (Lipinski definition) is 2. The second-order valence-electron chi connectivity index (χ2n) is 7.27. The van der Waals surface area contributed by atoms with Gasteiger partial charge in [0.1, 0.15) is 5.82 Å². The molecule has 3 nitrogen and oxygen atoms in total. The van der Waals surface area contributed by atoms with E-state index in [4.69, 9.17) is 5.73 Å². The largest absolute Gasteiger partial charge is 0.344 e. The number of halogens is 1. The summed E-state index contributed by atoms with van der Waals surface area (Å²) in [4.78, 5) is 2.52. The van der Waals surface area contributed by atoms with Gasteiger partial charge >= 0.3 is 0 Å². The van der Waals surface area contributed by atoms with Gasteiger partial charge in [-0.3, -0.25) is 0 Å². The molecule has 1 fully saturated rings. The Kier molecular flexibility index (Phi) is 5.05. The highest BCUT2D eigenvalue weighted by Crippen LogP contribution is 2.28. The lowest BCUT2D eigenvalue weighted by Gasteiger charge is -2.33. The number of nitrogens with two attached hydrogens (primary N) is 1. The maximum absolute atomic E-state index is 13.0. The van der Waals surface area contributed by atoms with Crippen LogP contribution in [0.25, 0.3) is 10.9 Å². The van der Waals surface area contributed by atoms with Crippen LogP contribution in [0.1, 0.15) is 30.0 Å². The number of aromatic nitrogens is 1. The SMILES string of the molecule is NCc1ccc2ccn(C3CCN(CCc4ccc(F)cc4)CC3)c2c1. The number of nitrogens with zero attached hydrogens (tertiary/aromatic N) is 2. The van der Waals surface area contributed by atoms with Crippen LogP contribution in [0.3, 0.4) is 0 Å². The van der Waals surface area contributed by atoms with Crippen molar-refractivity contribution in [3.8, 4) is 0 Å². The first-order valence-corrected chi connectivity index (χ1v) is 9.49. The maximum Gasteiger partial charge on any atom is 0.123 e. The van der Waals surface area contributed by atoms with E-state index in [9.17, 15) is 4.39 Å². The molecule has 136 valence electrons. The zero-order valence-electron chi connectivity index (χ0n) is 15.1. The van der Waals surface area contributed by atoms with Gasteiger partial charge in [0.15, 0.2) is 0 Å². The second kappa shape index (κ2) is 7.60. The predicted molar refractivity (Wildman–Crippen MR) is 105 cm³/mol. The summed E-state index contributed by atoms with van der Waals surface area (Å²) in [6, 6.07) is 16.2. The highest BCUT2D eigenvalue weighted by Gasteiger charge is 2.21. The molecule has 4 rings (SSSR count). The summed E-state index contributed by atoms with van der Waals surface area (Å²) in [5.41, 5.74) is 9.51. The molecule has 26 heavy (non-hydrogen) atoms. The van der Waals surface area contributed by atoms with Gasteiger partial charge in [-0.2, -0.15) is 0 Å². The Morgan fingerprint density at radius 3 is 2.42 bits per heavy atom. The predicted octanol–water partition coefficient (Wildman–Crippen LogP) is 4.12. The molecule has 0 spiro atoms. The normalized spacial score (nSPS) is 16.4. The molecule has 3 aromatic rings. The van der Waals surface area contributed by atoms with Gasteiger partial charge in [-0.1, -0.05) is 24.3 Å². The van der Waals surface area contributed by atoms with Gasteiger partial charge in [0, 0.05) is 43.9 Å². The van der Waals surface area contributed by atoms with Gasteiger partial charge in [0.05, 0.1) is 0 Å². The standard InChI is InChI=1S/C22H26FN3/c23-20-5-2-17(3-6-20)7-11-25-12-9-21(10-13-25)26-14-8-19-4-1-18(16-24)15-22(19)26/h1-6,8,14-15,21H,7,9-13,16,24H2. The third-order valence-corrected chi connectivity index (χ3v) is 5.60. The van der Waals surface area contributed by atoms with E-state index in [1.807, 2.05) is 12.1 Å². The van der Waals surface area contributed by atoms with Crippen LogP contribution >= 0.6 is 0 Å². The van der Waals surface area contributed by atoms with Crippen LogP contribution in [0.2, 0.25) is 0 Å². The summed E-state index contributed by atoms with van der Waals surface area (Å²) < 4.78 is 15.4. The number of piperidine rings is 1. The molecule has 2 aromatic carbocycles. The monoisotopic (exact) mass is 351 g/mol. The zero-order chi connectivity index (χ0) is 17.9. The summed E-state index contributed by atoms with van der Waals surface area (Å²) in [7, 11) is 0. The van der Waals surface area contributed by atoms with Crippen LogP contribution in [-0.4, -0.2) is 29.1 Å². The topological polar surface area (TPSA) is 34.2 Å². The molecule has 4 heteroatoms. The van der Waals surface area contributed by atoms with Crippen molar-refractivity contribution in [2.45, 2.75) is 31.8 Å². The molecule has 1 aliphatic heterocycles. The van der Waals surface area contributed by atoms with Crippen molar-refractivity contribution in [2.75, 3.05) is 19.6 Å². The lowest BCUT2D eigenvalue weighted by atomic mass is 10.0. The van der Waals surface area contributed by atoms with Gasteiger partial charge in [-0.25, -0.2) is 4.39 Å². The van der Waals surface area contributed by atoms with Crippen molar-refractivity contribution in [1.29, 1.82) is 0 Å². The Morgan fingerprint density at radius 2 is 1.69 bits per heavy atom. The van der Waals surface area contributed by atoms with E-state index in [1.165, 1.54) is 34.9 Å². The Hall–Kier alpha value is -2.17. The van der Waals surface area contributed by atoms with Crippen LogP contribution in [-0.2, 0) is 13.0 Å². The third kappa shape index (κ3) is 3.67. The molecule has 0 bridgehead atoms. The number of hydrogen-bond donors (Lipinski definition) is 1. The van der Waals surface area contributed by atoms with Crippen molar-refractivity contribution in [1.82, 2.24) is 9.47 Å². The average molecular weight is 351 g/mol. The minimum Gasteiger partial charge on any atom is -0.344 e. The van der Waals surface area contributed by atoms with Gasteiger partial charge in [-0.15, -0.1) is 0 Å². The summed E-state index contributed by atoms with van der Waals surface area (Å²) >= 11 is 0. The van der Waals surface area contributed by atoms with Crippen molar-refractivity contribution in [3.63, 3.8) is 0 Å². The molecule has 0 amide bonds. The van der Waals surface area contributed by atoms with Crippen LogP contribution in [0.5, 0.6) is 0 Å². The Labute approximate surface area is 154 Å². The fourth-order valence-corrected chi connectivity index (χ4v) is 4.00. The Balaban J connectivity index is 1.37. The lowest BCUT2D eigenvalue weighted by molar-refractivity contribution is 0.190. The fraction of sp³-hybridized carbons (Fsp3) is 0.364. The van der Waals surface area contributed by atoms with Gasteiger partial charge in [0.2, 0.25) is 0 Å². The highest BCUT2D eigenvalue weighted by atomic mass is 19.1. The summed E-state index contributed by atoms with van der Waals surface area (Å²) in [6.07, 6.45) is 5.54. The quantitative estimate of drug-likeness (QED) is 0.750. The first-order valence-electron chi connectivity index (χ1n) is 9.49. The molecule has 0 atom stereocenters. The molecule has 0 radical (unpaired) electrons. The molecule has 2 N–H and O–H groups in total. The van der Waals surface area contributed by atoms with E-state index < -0.39 is 0 Å². The lowest BCUT2D eigenvalue weighted by Crippen LogP contribution is -2.35. The van der Waals surface area contributed by atoms with E-state index in [-0.39, 0.29) is 5.82 Å². The number of benzene rings is 2. The third-order valence-electron chi connectivity index (χ3n) is 5.60. The highest BCUT2D eigenvalue weighted by molar-refractivity contribution is 5.81.